The number of nitrogens with one attached hydrogen (secondary N) is 1. The molecule has 1 N–H and O–H groups in total. The van der Waals surface area contributed by atoms with E-state index in [1.54, 1.807) is 6.20 Å². The molecule has 1 aromatic rings. The maximum Gasteiger partial charge on any atom is 0.0589 e. The molecule has 1 heterocycles. The SMILES string of the molecule is CCNC(c1ccc(Cl)cn1)C(C)C. The molecular formula is C11H17ClN2. The van der Waals surface area contributed by atoms with Gasteiger partial charge in [-0.3, -0.25) is 4.98 Å². The topological polar surface area (TPSA) is 24.9 Å². The van der Waals surface area contributed by atoms with Crippen molar-refractivity contribution in [2.24, 2.45) is 5.92 Å². The molecule has 78 valence electrons. The Bertz CT molecular complexity index is 269. The van der Waals surface area contributed by atoms with Gasteiger partial charge in [0.25, 0.3) is 0 Å². The summed E-state index contributed by atoms with van der Waals surface area (Å²) >= 11 is 5.79. The third kappa shape index (κ3) is 2.96. The van der Waals surface area contributed by atoms with Crippen LogP contribution in [0.4, 0.5) is 0 Å². The van der Waals surface area contributed by atoms with E-state index < -0.39 is 0 Å². The molecule has 1 atom stereocenters. The van der Waals surface area contributed by atoms with Gasteiger partial charge >= 0.3 is 0 Å². The maximum atomic E-state index is 5.79. The van der Waals surface area contributed by atoms with Crippen molar-refractivity contribution in [2.45, 2.75) is 26.8 Å². The van der Waals surface area contributed by atoms with Crippen molar-refractivity contribution in [3.05, 3.63) is 29.0 Å². The van der Waals surface area contributed by atoms with Crippen molar-refractivity contribution < 1.29 is 0 Å². The second kappa shape index (κ2) is 5.32. The largest absolute Gasteiger partial charge is 0.309 e. The van der Waals surface area contributed by atoms with Gasteiger partial charge in [0.15, 0.2) is 0 Å². The van der Waals surface area contributed by atoms with Gasteiger partial charge in [-0.05, 0) is 24.6 Å². The molecule has 0 aliphatic rings. The van der Waals surface area contributed by atoms with Crippen molar-refractivity contribution in [3.63, 3.8) is 0 Å². The molecule has 3 heteroatoms. The van der Waals surface area contributed by atoms with Crippen LogP contribution < -0.4 is 5.32 Å². The zero-order valence-corrected chi connectivity index (χ0v) is 9.67. The first-order valence-corrected chi connectivity index (χ1v) is 5.37. The van der Waals surface area contributed by atoms with Crippen LogP contribution in [0.2, 0.25) is 5.02 Å². The van der Waals surface area contributed by atoms with Crippen LogP contribution >= 0.6 is 11.6 Å². The molecule has 0 amide bonds. The maximum absolute atomic E-state index is 5.79. The minimum absolute atomic E-state index is 0.317. The highest BCUT2D eigenvalue weighted by Crippen LogP contribution is 2.20. The number of pyridine rings is 1. The van der Waals surface area contributed by atoms with Gasteiger partial charge in [-0.25, -0.2) is 0 Å². The van der Waals surface area contributed by atoms with Crippen molar-refractivity contribution in [2.75, 3.05) is 6.54 Å². The molecule has 1 unspecified atom stereocenters. The summed E-state index contributed by atoms with van der Waals surface area (Å²) in [6.07, 6.45) is 1.70. The molecule has 0 aliphatic heterocycles. The van der Waals surface area contributed by atoms with Gasteiger partial charge < -0.3 is 5.32 Å². The first-order chi connectivity index (χ1) is 6.65. The Balaban J connectivity index is 2.82. The highest BCUT2D eigenvalue weighted by Gasteiger charge is 2.15. The van der Waals surface area contributed by atoms with Gasteiger partial charge in [-0.15, -0.1) is 0 Å². The van der Waals surface area contributed by atoms with Gasteiger partial charge in [0.1, 0.15) is 0 Å². The molecule has 14 heavy (non-hydrogen) atoms. The predicted octanol–water partition coefficient (Wildman–Crippen LogP) is 3.04. The molecule has 0 radical (unpaired) electrons. The Hall–Kier alpha value is -0.600. The molecule has 1 rings (SSSR count). The standard InChI is InChI=1S/C11H17ClN2/c1-4-13-11(8(2)3)10-6-5-9(12)7-14-10/h5-8,11,13H,4H2,1-3H3. The summed E-state index contributed by atoms with van der Waals surface area (Å²) < 4.78 is 0. The molecule has 0 spiro atoms. The number of hydrogen-bond acceptors (Lipinski definition) is 2. The summed E-state index contributed by atoms with van der Waals surface area (Å²) in [5.74, 6) is 0.531. The van der Waals surface area contributed by atoms with Gasteiger partial charge in [-0.2, -0.15) is 0 Å². The van der Waals surface area contributed by atoms with E-state index in [4.69, 9.17) is 11.6 Å². The fourth-order valence-electron chi connectivity index (χ4n) is 1.47. The monoisotopic (exact) mass is 212 g/mol. The highest BCUT2D eigenvalue weighted by molar-refractivity contribution is 6.30. The molecule has 0 aromatic carbocycles. The zero-order chi connectivity index (χ0) is 10.6. The average Bonchev–Trinajstić information content (AvgIpc) is 2.15. The Labute approximate surface area is 90.7 Å². The van der Waals surface area contributed by atoms with Crippen LogP contribution in [0, 0.1) is 5.92 Å². The van der Waals surface area contributed by atoms with Crippen LogP contribution in [0.25, 0.3) is 0 Å². The minimum atomic E-state index is 0.317. The summed E-state index contributed by atoms with van der Waals surface area (Å²) in [7, 11) is 0. The third-order valence-corrected chi connectivity index (χ3v) is 2.38. The van der Waals surface area contributed by atoms with Crippen LogP contribution in [0.1, 0.15) is 32.5 Å². The lowest BCUT2D eigenvalue weighted by molar-refractivity contribution is 0.413. The normalized spacial score (nSPS) is 13.2. The highest BCUT2D eigenvalue weighted by atomic mass is 35.5. The molecule has 0 aliphatic carbocycles. The average molecular weight is 213 g/mol. The number of aromatic nitrogens is 1. The van der Waals surface area contributed by atoms with Crippen molar-refractivity contribution in [1.82, 2.24) is 10.3 Å². The molecule has 2 nitrogen and oxygen atoms in total. The quantitative estimate of drug-likeness (QED) is 0.830. The minimum Gasteiger partial charge on any atom is -0.309 e. The van der Waals surface area contributed by atoms with Crippen molar-refractivity contribution >= 4 is 11.6 Å². The molecular weight excluding hydrogens is 196 g/mol. The Kier molecular flexibility index (Phi) is 4.36. The molecule has 0 bridgehead atoms. The van der Waals surface area contributed by atoms with Gasteiger partial charge in [0.05, 0.1) is 16.8 Å². The lowest BCUT2D eigenvalue weighted by Gasteiger charge is -2.20. The Morgan fingerprint density at radius 2 is 2.14 bits per heavy atom. The number of rotatable bonds is 4. The van der Waals surface area contributed by atoms with Crippen molar-refractivity contribution in [1.29, 1.82) is 0 Å². The van der Waals surface area contributed by atoms with E-state index in [9.17, 15) is 0 Å². The lowest BCUT2D eigenvalue weighted by Crippen LogP contribution is -2.26. The van der Waals surface area contributed by atoms with Crippen LogP contribution in [0.5, 0.6) is 0 Å². The number of nitrogens with zero attached hydrogens (tertiary/aromatic N) is 1. The third-order valence-electron chi connectivity index (χ3n) is 2.16. The Morgan fingerprint density at radius 1 is 1.43 bits per heavy atom. The zero-order valence-electron chi connectivity index (χ0n) is 8.92. The summed E-state index contributed by atoms with van der Waals surface area (Å²) in [5.41, 5.74) is 1.06. The lowest BCUT2D eigenvalue weighted by atomic mass is 10.0. The van der Waals surface area contributed by atoms with Crippen LogP contribution in [-0.4, -0.2) is 11.5 Å². The smallest absolute Gasteiger partial charge is 0.0589 e. The van der Waals surface area contributed by atoms with Gasteiger partial charge in [0, 0.05) is 6.20 Å². The van der Waals surface area contributed by atoms with E-state index in [0.29, 0.717) is 17.0 Å². The summed E-state index contributed by atoms with van der Waals surface area (Å²) in [6, 6.07) is 4.18. The van der Waals surface area contributed by atoms with E-state index in [-0.39, 0.29) is 0 Å². The first kappa shape index (κ1) is 11.5. The second-order valence-corrected chi connectivity index (χ2v) is 4.12. The van der Waals surface area contributed by atoms with Gasteiger partial charge in [0.2, 0.25) is 0 Å². The molecule has 1 aromatic heterocycles. The second-order valence-electron chi connectivity index (χ2n) is 3.68. The van der Waals surface area contributed by atoms with E-state index in [1.165, 1.54) is 0 Å². The van der Waals surface area contributed by atoms with E-state index in [2.05, 4.69) is 31.1 Å². The molecule has 0 fully saturated rings. The number of hydrogen-bond donors (Lipinski definition) is 1. The summed E-state index contributed by atoms with van der Waals surface area (Å²) in [6.45, 7) is 7.42. The first-order valence-electron chi connectivity index (χ1n) is 5.00. The summed E-state index contributed by atoms with van der Waals surface area (Å²) in [5, 5.41) is 4.10. The fraction of sp³-hybridized carbons (Fsp3) is 0.545. The van der Waals surface area contributed by atoms with E-state index >= 15 is 0 Å². The Morgan fingerprint density at radius 3 is 2.57 bits per heavy atom. The van der Waals surface area contributed by atoms with E-state index in [0.717, 1.165) is 12.2 Å². The van der Waals surface area contributed by atoms with E-state index in [1.807, 2.05) is 12.1 Å². The fourth-order valence-corrected chi connectivity index (χ4v) is 1.58. The van der Waals surface area contributed by atoms with Crippen LogP contribution in [0.3, 0.4) is 0 Å². The molecule has 0 saturated heterocycles. The summed E-state index contributed by atoms with van der Waals surface area (Å²) in [4.78, 5) is 4.32. The number of halogens is 1. The van der Waals surface area contributed by atoms with Crippen molar-refractivity contribution in [3.8, 4) is 0 Å². The van der Waals surface area contributed by atoms with Crippen LogP contribution in [-0.2, 0) is 0 Å². The molecule has 0 saturated carbocycles. The van der Waals surface area contributed by atoms with Crippen LogP contribution in [0.15, 0.2) is 18.3 Å². The van der Waals surface area contributed by atoms with Gasteiger partial charge in [-0.1, -0.05) is 32.4 Å². The predicted molar refractivity (Wildman–Crippen MR) is 60.5 cm³/mol.